The van der Waals surface area contributed by atoms with Crippen LogP contribution in [0, 0.1) is 23.7 Å². The molecule has 14 heteroatoms. The molecule has 6 rings (SSSR count). The first kappa shape index (κ1) is 47.6. The van der Waals surface area contributed by atoms with Gasteiger partial charge in [-0.3, -0.25) is 9.59 Å². The molecule has 2 aromatic rings. The van der Waals surface area contributed by atoms with Crippen molar-refractivity contribution < 1.29 is 104 Å². The zero-order valence-electron chi connectivity index (χ0n) is 33.7. The number of carbonyl (C=O) groups excluding carboxylic acids is 2. The number of hydrogen-bond acceptors (Lipinski definition) is 10. The molecule has 2 fully saturated rings. The van der Waals surface area contributed by atoms with Gasteiger partial charge in [-0.2, -0.15) is 0 Å². The summed E-state index contributed by atoms with van der Waals surface area (Å²) in [6, 6.07) is 7.04. The van der Waals surface area contributed by atoms with Gasteiger partial charge in [0.2, 0.25) is 0 Å². The summed E-state index contributed by atoms with van der Waals surface area (Å²) in [6.07, 6.45) is 8.50. The Morgan fingerprint density at radius 2 is 0.981 bits per heavy atom. The third-order valence-corrected chi connectivity index (χ3v) is 14.8. The van der Waals surface area contributed by atoms with Gasteiger partial charge in [0.15, 0.2) is 0 Å². The Labute approximate surface area is 366 Å². The van der Waals surface area contributed by atoms with Crippen molar-refractivity contribution >= 4 is 32.2 Å². The van der Waals surface area contributed by atoms with Crippen molar-refractivity contribution in [2.24, 2.45) is 23.7 Å². The normalized spacial score (nSPS) is 27.3. The number of rotatable bonds is 6. The van der Waals surface area contributed by atoms with E-state index in [1.807, 2.05) is 39.8 Å². The molecule has 0 aliphatic heterocycles. The van der Waals surface area contributed by atoms with Crippen LogP contribution in [0.1, 0.15) is 138 Å². The Hall–Kier alpha value is -0.800. The van der Waals surface area contributed by atoms with Gasteiger partial charge < -0.3 is 18.6 Å². The second-order valence-corrected chi connectivity index (χ2v) is 19.2. The summed E-state index contributed by atoms with van der Waals surface area (Å²) in [5, 5.41) is 0. The van der Waals surface area contributed by atoms with Crippen LogP contribution in [0.5, 0.6) is 0 Å². The van der Waals surface area contributed by atoms with Crippen LogP contribution >= 0.6 is 0 Å². The van der Waals surface area contributed by atoms with Crippen LogP contribution in [0.25, 0.3) is 0 Å². The van der Waals surface area contributed by atoms with E-state index in [0.717, 1.165) is 86.5 Å². The van der Waals surface area contributed by atoms with Gasteiger partial charge in [-0.15, -0.1) is 0 Å². The van der Waals surface area contributed by atoms with Crippen molar-refractivity contribution in [3.8, 4) is 0 Å². The minimum absolute atomic E-state index is 0. The predicted molar refractivity (Wildman–Crippen MR) is 194 cm³/mol. The average molecular weight is 805 g/mol. The van der Waals surface area contributed by atoms with Crippen LogP contribution in [-0.4, -0.2) is 52.1 Å². The number of ether oxygens (including phenoxy) is 2. The van der Waals surface area contributed by atoms with Gasteiger partial charge in [-0.25, -0.2) is 16.8 Å². The van der Waals surface area contributed by atoms with Crippen LogP contribution < -0.4 is 59.1 Å². The minimum atomic E-state index is -4.55. The summed E-state index contributed by atoms with van der Waals surface area (Å²) in [5.41, 5.74) is 4.68. The fourth-order valence-electron chi connectivity index (χ4n) is 10.3. The van der Waals surface area contributed by atoms with E-state index in [2.05, 4.69) is 13.8 Å². The van der Waals surface area contributed by atoms with E-state index in [0.29, 0.717) is 11.1 Å². The molecule has 0 amide bonds. The van der Waals surface area contributed by atoms with Crippen LogP contribution in [0.4, 0.5) is 0 Å². The summed E-state index contributed by atoms with van der Waals surface area (Å²) in [4.78, 5) is 24.3. The number of benzene rings is 2. The second kappa shape index (κ2) is 18.0. The molecule has 54 heavy (non-hydrogen) atoms. The summed E-state index contributed by atoms with van der Waals surface area (Å²) in [5.74, 6) is -0.545. The molecule has 4 aliphatic carbocycles. The molecule has 2 saturated carbocycles. The largest absolute Gasteiger partial charge is 1.00 e. The zero-order chi connectivity index (χ0) is 38.6. The number of carbonyl (C=O) groups is 2. The van der Waals surface area contributed by atoms with E-state index >= 15 is 0 Å². The molecule has 0 unspecified atom stereocenters. The second-order valence-electron chi connectivity index (χ2n) is 16.5. The van der Waals surface area contributed by atoms with Gasteiger partial charge in [0, 0.05) is 0 Å². The van der Waals surface area contributed by atoms with E-state index in [-0.39, 0.29) is 127 Å². The van der Waals surface area contributed by atoms with Gasteiger partial charge in [0.25, 0.3) is 0 Å². The fraction of sp³-hybridized carbons (Fsp3) is 0.650. The van der Waals surface area contributed by atoms with Gasteiger partial charge >= 0.3 is 71.1 Å². The predicted octanol–water partition coefficient (Wildman–Crippen LogP) is 1.02. The maximum Gasteiger partial charge on any atom is 1.00 e. The molecule has 0 saturated heterocycles. The third-order valence-electron chi connectivity index (χ3n) is 13.0. The molecule has 0 radical (unpaired) electrons. The molecule has 4 aliphatic rings. The van der Waals surface area contributed by atoms with Crippen LogP contribution in [0.2, 0.25) is 0 Å². The number of hydrogen-bond donors (Lipinski definition) is 0. The molecular weight excluding hydrogens is 751 g/mol. The monoisotopic (exact) mass is 804 g/mol. The average Bonchev–Trinajstić information content (AvgIpc) is 3.08. The summed E-state index contributed by atoms with van der Waals surface area (Å²) >= 11 is 0. The molecule has 0 N–H and O–H groups in total. The number of methoxy groups -OCH3 is 2. The Bertz CT molecular complexity index is 1810. The topological polar surface area (TPSA) is 167 Å². The van der Waals surface area contributed by atoms with Crippen LogP contribution in [-0.2, 0) is 63.0 Å². The molecule has 0 aromatic heterocycles. The van der Waals surface area contributed by atoms with Gasteiger partial charge in [0.05, 0.1) is 35.8 Å². The van der Waals surface area contributed by atoms with Gasteiger partial charge in [0.1, 0.15) is 20.2 Å². The van der Waals surface area contributed by atoms with E-state index in [9.17, 15) is 35.5 Å². The van der Waals surface area contributed by atoms with Crippen LogP contribution in [0.3, 0.4) is 0 Å². The molecule has 2 aromatic carbocycles. The maximum absolute atomic E-state index is 12.3. The Morgan fingerprint density at radius 3 is 1.26 bits per heavy atom. The van der Waals surface area contributed by atoms with Crippen molar-refractivity contribution in [3.63, 3.8) is 0 Å². The quantitative estimate of drug-likeness (QED) is 0.234. The van der Waals surface area contributed by atoms with Crippen molar-refractivity contribution in [2.45, 2.75) is 138 Å². The number of aryl methyl sites for hydroxylation is 2. The summed E-state index contributed by atoms with van der Waals surface area (Å²) < 4.78 is 81.4. The summed E-state index contributed by atoms with van der Waals surface area (Å²) in [6.45, 7) is 11.8. The van der Waals surface area contributed by atoms with Crippen molar-refractivity contribution in [2.75, 3.05) is 14.2 Å². The smallest absolute Gasteiger partial charge is 0.744 e. The molecule has 6 atom stereocenters. The van der Waals surface area contributed by atoms with Gasteiger partial charge in [-0.05, 0) is 131 Å². The Morgan fingerprint density at radius 1 is 0.648 bits per heavy atom. The van der Waals surface area contributed by atoms with Crippen LogP contribution in [0.15, 0.2) is 34.1 Å². The molecule has 0 heterocycles. The first-order chi connectivity index (χ1) is 24.2. The minimum Gasteiger partial charge on any atom is -0.744 e. The van der Waals surface area contributed by atoms with Gasteiger partial charge in [-0.1, -0.05) is 66.5 Å². The maximum atomic E-state index is 12.3. The van der Waals surface area contributed by atoms with E-state index in [1.54, 1.807) is 12.1 Å². The molecule has 0 bridgehead atoms. The summed E-state index contributed by atoms with van der Waals surface area (Å²) in [7, 11) is -6.27. The van der Waals surface area contributed by atoms with E-state index in [4.69, 9.17) is 9.47 Å². The molecule has 10 nitrogen and oxygen atoms in total. The molecule has 288 valence electrons. The third kappa shape index (κ3) is 9.08. The first-order valence-corrected chi connectivity index (χ1v) is 21.4. The Balaban J connectivity index is 0.000000280. The number of esters is 2. The van der Waals surface area contributed by atoms with E-state index < -0.39 is 20.2 Å². The van der Waals surface area contributed by atoms with Crippen molar-refractivity contribution in [1.29, 1.82) is 0 Å². The fourth-order valence-corrected chi connectivity index (χ4v) is 12.0. The number of fused-ring (bicyclic) bond motifs is 6. The zero-order valence-corrected chi connectivity index (χ0v) is 39.4. The molecular formula is C40H54Na2O10S2. The van der Waals surface area contributed by atoms with Crippen molar-refractivity contribution in [1.82, 2.24) is 0 Å². The van der Waals surface area contributed by atoms with Crippen molar-refractivity contribution in [3.05, 3.63) is 57.6 Å². The molecule has 0 spiro atoms. The van der Waals surface area contributed by atoms with E-state index in [1.165, 1.54) is 14.2 Å². The SMILES string of the molecule is COC(=O)[C@@H]1CCC[C@@]2(C)c3cc(S(=O)(=O)[O-])c(C(C)C)cc3CC[C@H]12.COC(=O)[C@@H]1CCC[C@@]2(C)c3cc(S(=O)(=O)[O-])c(C(C)C)cc3CC[C@H]12.[Na+].[Na+]. The Kier molecular flexibility index (Phi) is 15.9. The first-order valence-electron chi connectivity index (χ1n) is 18.6. The standard InChI is InChI=1S/2C20H28O5S.2Na/c2*1-12(2)15-10-13-7-8-16-14(19(21)25-4)6-5-9-20(16,3)17(13)11-18(15)26(22,23)24;;/h2*10-12,14,16H,5-9H2,1-4H3,(H,22,23,24);;/q;;2*+1/p-2/t2*14-,16-,20-;;/m11../s1.